The van der Waals surface area contributed by atoms with Crippen LogP contribution in [0.1, 0.15) is 13.3 Å². The Kier molecular flexibility index (Phi) is 3.33. The monoisotopic (exact) mass is 265 g/mol. The molecule has 0 bridgehead atoms. The van der Waals surface area contributed by atoms with E-state index in [2.05, 4.69) is 32.2 Å². The summed E-state index contributed by atoms with van der Waals surface area (Å²) < 4.78 is 5.19. The zero-order valence-electron chi connectivity index (χ0n) is 10.1. The molecular formula is C11H15N5OS. The van der Waals surface area contributed by atoms with Gasteiger partial charge in [0.05, 0.1) is 24.8 Å². The molecule has 2 N–H and O–H groups in total. The van der Waals surface area contributed by atoms with Crippen molar-refractivity contribution in [1.29, 1.82) is 0 Å². The van der Waals surface area contributed by atoms with Gasteiger partial charge < -0.3 is 15.0 Å². The molecule has 0 saturated carbocycles. The first-order valence-electron chi connectivity index (χ1n) is 6.06. The number of nitrogens with zero attached hydrogens (tertiary/aromatic N) is 3. The summed E-state index contributed by atoms with van der Waals surface area (Å²) in [6.45, 7) is 4.57. The van der Waals surface area contributed by atoms with Crippen molar-refractivity contribution in [3.63, 3.8) is 0 Å². The molecule has 0 amide bonds. The van der Waals surface area contributed by atoms with Crippen molar-refractivity contribution in [3.05, 3.63) is 6.33 Å². The Bertz CT molecular complexity index is 539. The largest absolute Gasteiger partial charge is 0.379 e. The summed E-state index contributed by atoms with van der Waals surface area (Å²) in [5.74, 6) is 0.652. The van der Waals surface area contributed by atoms with Crippen molar-refractivity contribution < 1.29 is 4.74 Å². The van der Waals surface area contributed by atoms with E-state index in [4.69, 9.17) is 4.74 Å². The number of rotatable bonds is 5. The van der Waals surface area contributed by atoms with Crippen LogP contribution < -0.4 is 5.32 Å². The number of thioether (sulfide) groups is 1. The summed E-state index contributed by atoms with van der Waals surface area (Å²) in [6, 6.07) is 0. The van der Waals surface area contributed by atoms with Gasteiger partial charge >= 0.3 is 0 Å². The minimum absolute atomic E-state index is 0.491. The Morgan fingerprint density at radius 3 is 3.11 bits per heavy atom. The lowest BCUT2D eigenvalue weighted by molar-refractivity contribution is 0.0455. The van der Waals surface area contributed by atoms with Crippen LogP contribution in [-0.2, 0) is 4.74 Å². The van der Waals surface area contributed by atoms with Gasteiger partial charge in [0.2, 0.25) is 5.95 Å². The zero-order chi connectivity index (χ0) is 12.4. The van der Waals surface area contributed by atoms with Crippen LogP contribution in [0, 0.1) is 0 Å². The number of ether oxygens (including phenoxy) is 1. The summed E-state index contributed by atoms with van der Waals surface area (Å²) in [5, 5.41) is 4.64. The van der Waals surface area contributed by atoms with E-state index in [-0.39, 0.29) is 0 Å². The maximum absolute atomic E-state index is 5.19. The van der Waals surface area contributed by atoms with E-state index in [0.717, 1.165) is 36.7 Å². The second kappa shape index (κ2) is 5.11. The Morgan fingerprint density at radius 1 is 1.50 bits per heavy atom. The molecule has 1 aliphatic heterocycles. The third kappa shape index (κ3) is 2.28. The average Bonchev–Trinajstić information content (AvgIpc) is 2.79. The van der Waals surface area contributed by atoms with E-state index in [0.29, 0.717) is 16.8 Å². The minimum Gasteiger partial charge on any atom is -0.379 e. The third-order valence-corrected chi connectivity index (χ3v) is 3.80. The van der Waals surface area contributed by atoms with Crippen molar-refractivity contribution in [1.82, 2.24) is 19.9 Å². The smallest absolute Gasteiger partial charge is 0.225 e. The molecular weight excluding hydrogens is 250 g/mol. The van der Waals surface area contributed by atoms with Gasteiger partial charge in [-0.1, -0.05) is 18.7 Å². The van der Waals surface area contributed by atoms with Gasteiger partial charge in [-0.2, -0.15) is 4.98 Å². The second-order valence-electron chi connectivity index (χ2n) is 4.16. The molecule has 3 rings (SSSR count). The molecule has 7 heteroatoms. The predicted molar refractivity (Wildman–Crippen MR) is 70.9 cm³/mol. The summed E-state index contributed by atoms with van der Waals surface area (Å²) in [4.78, 5) is 16.2. The SMILES string of the molecule is CCCNc1nc(SC2COC2)c2[nH]cnc2n1. The normalized spacial score (nSPS) is 15.8. The fourth-order valence-electron chi connectivity index (χ4n) is 1.65. The van der Waals surface area contributed by atoms with E-state index in [1.807, 2.05) is 0 Å². The summed E-state index contributed by atoms with van der Waals surface area (Å²) in [5.41, 5.74) is 1.63. The van der Waals surface area contributed by atoms with Crippen LogP contribution in [0.15, 0.2) is 11.4 Å². The van der Waals surface area contributed by atoms with E-state index < -0.39 is 0 Å². The van der Waals surface area contributed by atoms with Crippen LogP contribution in [0.25, 0.3) is 11.2 Å². The molecule has 2 aromatic rings. The van der Waals surface area contributed by atoms with Gasteiger partial charge in [0, 0.05) is 6.54 Å². The summed E-state index contributed by atoms with van der Waals surface area (Å²) >= 11 is 1.72. The van der Waals surface area contributed by atoms with Gasteiger partial charge in [-0.05, 0) is 6.42 Å². The Hall–Kier alpha value is -1.34. The first kappa shape index (κ1) is 11.7. The van der Waals surface area contributed by atoms with Crippen LogP contribution in [0.2, 0.25) is 0 Å². The lowest BCUT2D eigenvalue weighted by atomic mass is 10.4. The van der Waals surface area contributed by atoms with Crippen LogP contribution in [0.5, 0.6) is 0 Å². The quantitative estimate of drug-likeness (QED) is 0.801. The number of imidazole rings is 1. The van der Waals surface area contributed by atoms with Gasteiger partial charge in [0.15, 0.2) is 5.65 Å². The molecule has 1 aliphatic rings. The standard InChI is InChI=1S/C11H15N5OS/c1-2-3-12-11-15-9-8(13-6-14-9)10(16-11)18-7-4-17-5-7/h6-7H,2-5H2,1H3,(H2,12,13,14,15,16). The lowest BCUT2D eigenvalue weighted by Gasteiger charge is -2.24. The molecule has 0 radical (unpaired) electrons. The average molecular weight is 265 g/mol. The van der Waals surface area contributed by atoms with Crippen molar-refractivity contribution in [2.75, 3.05) is 25.1 Å². The topological polar surface area (TPSA) is 75.7 Å². The lowest BCUT2D eigenvalue weighted by Crippen LogP contribution is -2.30. The summed E-state index contributed by atoms with van der Waals surface area (Å²) in [7, 11) is 0. The highest BCUT2D eigenvalue weighted by atomic mass is 32.2. The van der Waals surface area contributed by atoms with E-state index in [9.17, 15) is 0 Å². The van der Waals surface area contributed by atoms with E-state index in [1.54, 1.807) is 18.1 Å². The first-order chi connectivity index (χ1) is 8.86. The molecule has 1 saturated heterocycles. The van der Waals surface area contributed by atoms with Crippen LogP contribution in [0.3, 0.4) is 0 Å². The zero-order valence-corrected chi connectivity index (χ0v) is 11.0. The number of hydrogen-bond acceptors (Lipinski definition) is 6. The Morgan fingerprint density at radius 2 is 2.39 bits per heavy atom. The number of fused-ring (bicyclic) bond motifs is 1. The maximum atomic E-state index is 5.19. The number of nitrogens with one attached hydrogen (secondary N) is 2. The van der Waals surface area contributed by atoms with Gasteiger partial charge in [-0.25, -0.2) is 9.97 Å². The first-order valence-corrected chi connectivity index (χ1v) is 6.94. The van der Waals surface area contributed by atoms with Gasteiger partial charge in [-0.3, -0.25) is 0 Å². The predicted octanol–water partition coefficient (Wildman–Crippen LogP) is 1.67. The van der Waals surface area contributed by atoms with Crippen molar-refractivity contribution in [2.45, 2.75) is 23.6 Å². The second-order valence-corrected chi connectivity index (χ2v) is 5.45. The fourth-order valence-corrected chi connectivity index (χ4v) is 2.70. The van der Waals surface area contributed by atoms with Crippen molar-refractivity contribution >= 4 is 28.9 Å². The molecule has 0 atom stereocenters. The molecule has 96 valence electrons. The van der Waals surface area contributed by atoms with Crippen LogP contribution >= 0.6 is 11.8 Å². The fraction of sp³-hybridized carbons (Fsp3) is 0.545. The molecule has 0 spiro atoms. The molecule has 1 fully saturated rings. The molecule has 0 aliphatic carbocycles. The Labute approximate surface area is 109 Å². The minimum atomic E-state index is 0.491. The van der Waals surface area contributed by atoms with Crippen LogP contribution in [-0.4, -0.2) is 44.9 Å². The number of H-pyrrole nitrogens is 1. The van der Waals surface area contributed by atoms with Gasteiger partial charge in [0.1, 0.15) is 10.5 Å². The highest BCUT2D eigenvalue weighted by Gasteiger charge is 2.22. The molecule has 18 heavy (non-hydrogen) atoms. The summed E-state index contributed by atoms with van der Waals surface area (Å²) in [6.07, 6.45) is 2.70. The van der Waals surface area contributed by atoms with E-state index >= 15 is 0 Å². The van der Waals surface area contributed by atoms with Crippen molar-refractivity contribution in [2.24, 2.45) is 0 Å². The molecule has 0 unspecified atom stereocenters. The van der Waals surface area contributed by atoms with Gasteiger partial charge in [-0.15, -0.1) is 0 Å². The highest BCUT2D eigenvalue weighted by Crippen LogP contribution is 2.31. The maximum Gasteiger partial charge on any atom is 0.225 e. The van der Waals surface area contributed by atoms with Crippen molar-refractivity contribution in [3.8, 4) is 0 Å². The number of aromatic amines is 1. The number of anilines is 1. The number of aromatic nitrogens is 4. The number of hydrogen-bond donors (Lipinski definition) is 2. The molecule has 2 aromatic heterocycles. The molecule has 3 heterocycles. The van der Waals surface area contributed by atoms with Gasteiger partial charge in [0.25, 0.3) is 0 Å². The third-order valence-electron chi connectivity index (χ3n) is 2.67. The van der Waals surface area contributed by atoms with Crippen LogP contribution in [0.4, 0.5) is 5.95 Å². The molecule has 0 aromatic carbocycles. The Balaban J connectivity index is 1.89. The van der Waals surface area contributed by atoms with E-state index in [1.165, 1.54) is 0 Å². The molecule has 6 nitrogen and oxygen atoms in total. The highest BCUT2D eigenvalue weighted by molar-refractivity contribution is 8.00.